The van der Waals surface area contributed by atoms with Crippen LogP contribution in [0.15, 0.2) is 22.7 Å². The van der Waals surface area contributed by atoms with Gasteiger partial charge >= 0.3 is 0 Å². The molecule has 3 nitrogen and oxygen atoms in total. The normalized spacial score (nSPS) is 24.1. The Morgan fingerprint density at radius 1 is 1.50 bits per heavy atom. The number of benzene rings is 1. The van der Waals surface area contributed by atoms with E-state index in [1.807, 2.05) is 30.0 Å². The number of nitrogens with two attached hydrogens (primary N) is 1. The third kappa shape index (κ3) is 2.75. The van der Waals surface area contributed by atoms with E-state index in [-0.39, 0.29) is 11.9 Å². The van der Waals surface area contributed by atoms with Gasteiger partial charge in [0.15, 0.2) is 0 Å². The molecule has 1 saturated heterocycles. The number of aryl methyl sites for hydroxylation is 1. The van der Waals surface area contributed by atoms with Crippen LogP contribution >= 0.6 is 15.9 Å². The van der Waals surface area contributed by atoms with E-state index in [1.165, 1.54) is 0 Å². The summed E-state index contributed by atoms with van der Waals surface area (Å²) in [7, 11) is 0. The van der Waals surface area contributed by atoms with Gasteiger partial charge in [-0.1, -0.05) is 18.6 Å². The first-order chi connectivity index (χ1) is 8.49. The van der Waals surface area contributed by atoms with Gasteiger partial charge < -0.3 is 10.6 Å². The van der Waals surface area contributed by atoms with Gasteiger partial charge in [-0.25, -0.2) is 0 Å². The molecule has 1 aliphatic heterocycles. The highest BCUT2D eigenvalue weighted by Gasteiger charge is 2.27. The summed E-state index contributed by atoms with van der Waals surface area (Å²) in [5.74, 6) is 0.468. The van der Waals surface area contributed by atoms with E-state index in [4.69, 9.17) is 5.73 Å². The SMILES string of the molecule is Cc1ccc(Br)c(C(=O)N2CCC(N)C(C)C2)c1. The van der Waals surface area contributed by atoms with E-state index >= 15 is 0 Å². The first-order valence-corrected chi connectivity index (χ1v) is 7.09. The van der Waals surface area contributed by atoms with E-state index in [2.05, 4.69) is 22.9 Å². The number of amides is 1. The third-order valence-corrected chi connectivity index (χ3v) is 4.30. The minimum absolute atomic E-state index is 0.101. The molecule has 1 aromatic rings. The van der Waals surface area contributed by atoms with Crippen LogP contribution in [0.3, 0.4) is 0 Å². The largest absolute Gasteiger partial charge is 0.338 e. The molecule has 1 fully saturated rings. The van der Waals surface area contributed by atoms with Gasteiger partial charge in [0.25, 0.3) is 5.91 Å². The van der Waals surface area contributed by atoms with Gasteiger partial charge in [-0.05, 0) is 47.3 Å². The molecule has 2 atom stereocenters. The maximum absolute atomic E-state index is 12.5. The second-order valence-electron chi connectivity index (χ2n) is 5.16. The summed E-state index contributed by atoms with van der Waals surface area (Å²) >= 11 is 3.45. The second-order valence-corrected chi connectivity index (χ2v) is 6.02. The minimum atomic E-state index is 0.101. The van der Waals surface area contributed by atoms with Gasteiger partial charge in [-0.2, -0.15) is 0 Å². The van der Waals surface area contributed by atoms with Crippen LogP contribution in [-0.2, 0) is 0 Å². The Kier molecular flexibility index (Phi) is 4.07. The van der Waals surface area contributed by atoms with E-state index in [0.717, 1.165) is 35.1 Å². The first kappa shape index (κ1) is 13.6. The van der Waals surface area contributed by atoms with Crippen molar-refractivity contribution in [1.82, 2.24) is 4.90 Å². The summed E-state index contributed by atoms with van der Waals surface area (Å²) in [6, 6.07) is 6.08. The minimum Gasteiger partial charge on any atom is -0.338 e. The number of likely N-dealkylation sites (tertiary alicyclic amines) is 1. The van der Waals surface area contributed by atoms with Gasteiger partial charge in [0.1, 0.15) is 0 Å². The molecule has 98 valence electrons. The Balaban J connectivity index is 2.19. The van der Waals surface area contributed by atoms with Crippen LogP contribution in [0.1, 0.15) is 29.3 Å². The van der Waals surface area contributed by atoms with Crippen LogP contribution in [0.5, 0.6) is 0 Å². The second kappa shape index (κ2) is 5.41. The van der Waals surface area contributed by atoms with Crippen LogP contribution in [-0.4, -0.2) is 29.9 Å². The predicted molar refractivity (Wildman–Crippen MR) is 76.5 cm³/mol. The number of carbonyl (C=O) groups is 1. The molecule has 1 heterocycles. The summed E-state index contributed by atoms with van der Waals surface area (Å²) in [6.45, 7) is 5.61. The molecule has 0 saturated carbocycles. The van der Waals surface area contributed by atoms with Crippen molar-refractivity contribution in [1.29, 1.82) is 0 Å². The molecule has 18 heavy (non-hydrogen) atoms. The number of piperidine rings is 1. The Morgan fingerprint density at radius 3 is 2.89 bits per heavy atom. The molecule has 0 bridgehead atoms. The molecule has 2 N–H and O–H groups in total. The predicted octanol–water partition coefficient (Wildman–Crippen LogP) is 2.57. The van der Waals surface area contributed by atoms with E-state index < -0.39 is 0 Å². The molecular weight excluding hydrogens is 292 g/mol. The number of hydrogen-bond acceptors (Lipinski definition) is 2. The summed E-state index contributed by atoms with van der Waals surface area (Å²) in [5.41, 5.74) is 7.83. The molecule has 1 amide bonds. The molecule has 0 aromatic heterocycles. The van der Waals surface area contributed by atoms with E-state index in [0.29, 0.717) is 5.92 Å². The van der Waals surface area contributed by atoms with E-state index in [9.17, 15) is 4.79 Å². The Bertz CT molecular complexity index is 461. The van der Waals surface area contributed by atoms with Crippen molar-refractivity contribution in [2.75, 3.05) is 13.1 Å². The molecule has 0 spiro atoms. The fraction of sp³-hybridized carbons (Fsp3) is 0.500. The number of halogens is 1. The Morgan fingerprint density at radius 2 is 2.22 bits per heavy atom. The van der Waals surface area contributed by atoms with Gasteiger partial charge in [0.2, 0.25) is 0 Å². The topological polar surface area (TPSA) is 46.3 Å². The molecule has 0 aliphatic carbocycles. The monoisotopic (exact) mass is 310 g/mol. The number of nitrogens with zero attached hydrogens (tertiary/aromatic N) is 1. The average molecular weight is 311 g/mol. The molecule has 1 aromatic carbocycles. The van der Waals surface area contributed by atoms with Gasteiger partial charge in [0.05, 0.1) is 5.56 Å². The number of rotatable bonds is 1. The highest BCUT2D eigenvalue weighted by Crippen LogP contribution is 2.23. The van der Waals surface area contributed by atoms with Crippen molar-refractivity contribution < 1.29 is 4.79 Å². The molecule has 2 unspecified atom stereocenters. The van der Waals surface area contributed by atoms with Crippen molar-refractivity contribution in [3.63, 3.8) is 0 Å². The highest BCUT2D eigenvalue weighted by atomic mass is 79.9. The maximum Gasteiger partial charge on any atom is 0.255 e. The fourth-order valence-corrected chi connectivity index (χ4v) is 2.74. The first-order valence-electron chi connectivity index (χ1n) is 6.30. The fourth-order valence-electron chi connectivity index (χ4n) is 2.32. The summed E-state index contributed by atoms with van der Waals surface area (Å²) in [6.07, 6.45) is 0.885. The zero-order valence-electron chi connectivity index (χ0n) is 10.8. The molecule has 4 heteroatoms. The molecular formula is C14H19BrN2O. The van der Waals surface area contributed by atoms with Crippen molar-refractivity contribution in [3.05, 3.63) is 33.8 Å². The van der Waals surface area contributed by atoms with E-state index in [1.54, 1.807) is 0 Å². The van der Waals surface area contributed by atoms with Crippen molar-refractivity contribution in [3.8, 4) is 0 Å². The Hall–Kier alpha value is -0.870. The lowest BCUT2D eigenvalue weighted by atomic mass is 9.94. The standard InChI is InChI=1S/C14H19BrN2O/c1-9-3-4-12(15)11(7-9)14(18)17-6-5-13(16)10(2)8-17/h3-4,7,10,13H,5-6,8,16H2,1-2H3. The molecule has 2 rings (SSSR count). The Labute approximate surface area is 116 Å². The lowest BCUT2D eigenvalue weighted by Crippen LogP contribution is -2.48. The lowest BCUT2D eigenvalue weighted by Gasteiger charge is -2.35. The maximum atomic E-state index is 12.5. The third-order valence-electron chi connectivity index (χ3n) is 3.61. The number of carbonyl (C=O) groups excluding carboxylic acids is 1. The van der Waals surface area contributed by atoms with Crippen LogP contribution in [0.4, 0.5) is 0 Å². The van der Waals surface area contributed by atoms with Crippen LogP contribution in [0.25, 0.3) is 0 Å². The van der Waals surface area contributed by atoms with Gasteiger partial charge in [-0.15, -0.1) is 0 Å². The van der Waals surface area contributed by atoms with Crippen molar-refractivity contribution in [2.45, 2.75) is 26.3 Å². The summed E-state index contributed by atoms with van der Waals surface area (Å²) in [5, 5.41) is 0. The zero-order valence-corrected chi connectivity index (χ0v) is 12.4. The summed E-state index contributed by atoms with van der Waals surface area (Å²) in [4.78, 5) is 14.4. The van der Waals surface area contributed by atoms with Crippen LogP contribution < -0.4 is 5.73 Å². The highest BCUT2D eigenvalue weighted by molar-refractivity contribution is 9.10. The average Bonchev–Trinajstić information content (AvgIpc) is 2.35. The smallest absolute Gasteiger partial charge is 0.255 e. The molecule has 0 radical (unpaired) electrons. The summed E-state index contributed by atoms with van der Waals surface area (Å²) < 4.78 is 0.862. The van der Waals surface area contributed by atoms with Gasteiger partial charge in [-0.3, -0.25) is 4.79 Å². The van der Waals surface area contributed by atoms with Crippen molar-refractivity contribution in [2.24, 2.45) is 11.7 Å². The lowest BCUT2D eigenvalue weighted by molar-refractivity contribution is 0.0663. The molecule has 1 aliphatic rings. The quantitative estimate of drug-likeness (QED) is 0.866. The van der Waals surface area contributed by atoms with Crippen molar-refractivity contribution >= 4 is 21.8 Å². The zero-order chi connectivity index (χ0) is 13.3. The van der Waals surface area contributed by atoms with Gasteiger partial charge in [0, 0.05) is 23.6 Å². The number of hydrogen-bond donors (Lipinski definition) is 1. The van der Waals surface area contributed by atoms with Crippen LogP contribution in [0, 0.1) is 12.8 Å². The van der Waals surface area contributed by atoms with Crippen LogP contribution in [0.2, 0.25) is 0 Å².